The highest BCUT2D eigenvalue weighted by Gasteiger charge is 2.26. The van der Waals surface area contributed by atoms with Gasteiger partial charge in [0, 0.05) is 13.0 Å². The molecule has 0 aromatic carbocycles. The Bertz CT molecular complexity index is 449. The summed E-state index contributed by atoms with van der Waals surface area (Å²) < 4.78 is 10.4. The van der Waals surface area contributed by atoms with E-state index >= 15 is 0 Å². The molecular formula is C18H34N2O5. The van der Waals surface area contributed by atoms with Crippen LogP contribution in [0.4, 0.5) is 4.79 Å². The standard InChI is InChI=1S/C18H34N2O5/c1-8-9-12-19-15(22)13(20-16(23)25-18(5,6)7)10-11-14(21)24-17(2,3)4/h13H,8-12H2,1-7H3,(H,19,22)(H,20,23). The first-order valence-electron chi connectivity index (χ1n) is 8.83. The van der Waals surface area contributed by atoms with E-state index in [9.17, 15) is 14.4 Å². The summed E-state index contributed by atoms with van der Waals surface area (Å²) in [5.41, 5.74) is -1.26. The van der Waals surface area contributed by atoms with Gasteiger partial charge < -0.3 is 20.1 Å². The first-order valence-corrected chi connectivity index (χ1v) is 8.83. The van der Waals surface area contributed by atoms with Gasteiger partial charge in [0.1, 0.15) is 17.2 Å². The lowest BCUT2D eigenvalue weighted by Gasteiger charge is -2.24. The van der Waals surface area contributed by atoms with Gasteiger partial charge in [-0.2, -0.15) is 0 Å². The van der Waals surface area contributed by atoms with Gasteiger partial charge in [-0.1, -0.05) is 13.3 Å². The molecule has 0 saturated heterocycles. The molecule has 0 aliphatic rings. The molecule has 0 aromatic heterocycles. The summed E-state index contributed by atoms with van der Waals surface area (Å²) in [6, 6.07) is -0.848. The number of nitrogens with one attached hydrogen (secondary N) is 2. The van der Waals surface area contributed by atoms with Crippen molar-refractivity contribution in [1.82, 2.24) is 10.6 Å². The number of alkyl carbamates (subject to hydrolysis) is 1. The van der Waals surface area contributed by atoms with E-state index in [0.29, 0.717) is 6.54 Å². The minimum atomic E-state index is -0.848. The topological polar surface area (TPSA) is 93.7 Å². The summed E-state index contributed by atoms with van der Waals surface area (Å²) in [6.45, 7) is 13.1. The first-order chi connectivity index (χ1) is 11.3. The van der Waals surface area contributed by atoms with Gasteiger partial charge in [-0.05, 0) is 54.4 Å². The van der Waals surface area contributed by atoms with Crippen molar-refractivity contribution >= 4 is 18.0 Å². The van der Waals surface area contributed by atoms with Crippen molar-refractivity contribution in [2.45, 2.75) is 91.4 Å². The molecule has 0 aliphatic carbocycles. The zero-order chi connectivity index (χ0) is 19.7. The molecule has 25 heavy (non-hydrogen) atoms. The molecule has 7 heteroatoms. The predicted molar refractivity (Wildman–Crippen MR) is 96.2 cm³/mol. The molecule has 0 heterocycles. The van der Waals surface area contributed by atoms with Crippen molar-refractivity contribution in [3.8, 4) is 0 Å². The maximum atomic E-state index is 12.3. The predicted octanol–water partition coefficient (Wildman–Crippen LogP) is 2.92. The van der Waals surface area contributed by atoms with E-state index in [1.165, 1.54) is 0 Å². The second kappa shape index (κ2) is 10.3. The maximum absolute atomic E-state index is 12.3. The third-order valence-electron chi connectivity index (χ3n) is 2.89. The molecule has 1 unspecified atom stereocenters. The monoisotopic (exact) mass is 358 g/mol. The summed E-state index contributed by atoms with van der Waals surface area (Å²) >= 11 is 0. The average molecular weight is 358 g/mol. The minimum Gasteiger partial charge on any atom is -0.460 e. The number of amides is 2. The number of hydrogen-bond donors (Lipinski definition) is 2. The highest BCUT2D eigenvalue weighted by Crippen LogP contribution is 2.11. The van der Waals surface area contributed by atoms with Crippen LogP contribution in [0, 0.1) is 0 Å². The molecule has 7 nitrogen and oxygen atoms in total. The molecule has 0 aliphatic heterocycles. The Morgan fingerprint density at radius 3 is 2.00 bits per heavy atom. The number of ether oxygens (including phenoxy) is 2. The lowest BCUT2D eigenvalue weighted by atomic mass is 10.1. The largest absolute Gasteiger partial charge is 0.460 e. The second-order valence-electron chi connectivity index (χ2n) is 7.97. The third-order valence-corrected chi connectivity index (χ3v) is 2.89. The lowest BCUT2D eigenvalue weighted by Crippen LogP contribution is -2.48. The molecule has 0 fully saturated rings. The zero-order valence-electron chi connectivity index (χ0n) is 16.7. The highest BCUT2D eigenvalue weighted by atomic mass is 16.6. The molecule has 0 spiro atoms. The van der Waals surface area contributed by atoms with E-state index in [1.807, 2.05) is 6.92 Å². The van der Waals surface area contributed by atoms with Crippen molar-refractivity contribution in [2.24, 2.45) is 0 Å². The summed E-state index contributed by atoms with van der Waals surface area (Å²) in [5.74, 6) is -0.743. The minimum absolute atomic E-state index is 0.0267. The maximum Gasteiger partial charge on any atom is 0.408 e. The van der Waals surface area contributed by atoms with Crippen molar-refractivity contribution in [1.29, 1.82) is 0 Å². The quantitative estimate of drug-likeness (QED) is 0.514. The number of esters is 1. The Hall–Kier alpha value is -1.79. The van der Waals surface area contributed by atoms with Crippen molar-refractivity contribution in [3.05, 3.63) is 0 Å². The van der Waals surface area contributed by atoms with Gasteiger partial charge in [0.25, 0.3) is 0 Å². The Morgan fingerprint density at radius 1 is 0.960 bits per heavy atom. The van der Waals surface area contributed by atoms with Crippen LogP contribution in [0.5, 0.6) is 0 Å². The molecule has 0 radical (unpaired) electrons. The summed E-state index contributed by atoms with van der Waals surface area (Å²) in [5, 5.41) is 5.30. The van der Waals surface area contributed by atoms with Gasteiger partial charge in [0.05, 0.1) is 0 Å². The number of unbranched alkanes of at least 4 members (excludes halogenated alkanes) is 1. The fraction of sp³-hybridized carbons (Fsp3) is 0.833. The molecule has 0 aromatic rings. The number of carbonyl (C=O) groups excluding carboxylic acids is 3. The van der Waals surface area contributed by atoms with Crippen LogP contribution in [0.25, 0.3) is 0 Å². The fourth-order valence-electron chi connectivity index (χ4n) is 1.88. The summed E-state index contributed by atoms with van der Waals surface area (Å²) in [6.07, 6.45) is 1.28. The van der Waals surface area contributed by atoms with Gasteiger partial charge in [-0.25, -0.2) is 4.79 Å². The molecule has 2 amide bonds. The van der Waals surface area contributed by atoms with Crippen molar-refractivity contribution in [3.63, 3.8) is 0 Å². The first kappa shape index (κ1) is 23.2. The SMILES string of the molecule is CCCCNC(=O)C(CCC(=O)OC(C)(C)C)NC(=O)OC(C)(C)C. The van der Waals surface area contributed by atoms with E-state index in [-0.39, 0.29) is 18.7 Å². The van der Waals surface area contributed by atoms with Crippen molar-refractivity contribution < 1.29 is 23.9 Å². The number of carbonyl (C=O) groups is 3. The lowest BCUT2D eigenvalue weighted by molar-refractivity contribution is -0.155. The second-order valence-corrected chi connectivity index (χ2v) is 7.97. The Morgan fingerprint density at radius 2 is 1.52 bits per heavy atom. The van der Waals surface area contributed by atoms with Gasteiger partial charge in [0.2, 0.25) is 5.91 Å². The van der Waals surface area contributed by atoms with Crippen LogP contribution in [-0.4, -0.2) is 41.8 Å². The molecular weight excluding hydrogens is 324 g/mol. The van der Waals surface area contributed by atoms with Crippen LogP contribution in [0.15, 0.2) is 0 Å². The van der Waals surface area contributed by atoms with Gasteiger partial charge in [-0.3, -0.25) is 9.59 Å². The number of hydrogen-bond acceptors (Lipinski definition) is 5. The molecule has 146 valence electrons. The smallest absolute Gasteiger partial charge is 0.408 e. The van der Waals surface area contributed by atoms with E-state index in [4.69, 9.17) is 9.47 Å². The van der Waals surface area contributed by atoms with Crippen molar-refractivity contribution in [2.75, 3.05) is 6.54 Å². The Balaban J connectivity index is 4.74. The van der Waals surface area contributed by atoms with E-state index in [0.717, 1.165) is 12.8 Å². The average Bonchev–Trinajstić information content (AvgIpc) is 2.39. The molecule has 2 N–H and O–H groups in total. The third kappa shape index (κ3) is 13.2. The van der Waals surface area contributed by atoms with Crippen LogP contribution >= 0.6 is 0 Å². The summed E-state index contributed by atoms with van der Waals surface area (Å²) in [7, 11) is 0. The highest BCUT2D eigenvalue weighted by molar-refractivity contribution is 5.86. The summed E-state index contributed by atoms with van der Waals surface area (Å²) in [4.78, 5) is 36.1. The normalized spacial score (nSPS) is 12.9. The molecule has 0 rings (SSSR count). The van der Waals surface area contributed by atoms with E-state index in [2.05, 4.69) is 10.6 Å². The zero-order valence-corrected chi connectivity index (χ0v) is 16.7. The van der Waals surface area contributed by atoms with Crippen LogP contribution < -0.4 is 10.6 Å². The van der Waals surface area contributed by atoms with Gasteiger partial charge in [0.15, 0.2) is 0 Å². The van der Waals surface area contributed by atoms with E-state index in [1.54, 1.807) is 41.5 Å². The Labute approximate surface area is 151 Å². The van der Waals surface area contributed by atoms with E-state index < -0.39 is 29.3 Å². The van der Waals surface area contributed by atoms with Gasteiger partial charge >= 0.3 is 12.1 Å². The van der Waals surface area contributed by atoms with Crippen LogP contribution in [0.1, 0.15) is 74.1 Å². The molecule has 0 bridgehead atoms. The Kier molecular flexibility index (Phi) is 9.52. The van der Waals surface area contributed by atoms with Crippen LogP contribution in [0.3, 0.4) is 0 Å². The fourth-order valence-corrected chi connectivity index (χ4v) is 1.88. The molecule has 0 saturated carbocycles. The van der Waals surface area contributed by atoms with Crippen LogP contribution in [0.2, 0.25) is 0 Å². The molecule has 1 atom stereocenters. The van der Waals surface area contributed by atoms with Crippen LogP contribution in [-0.2, 0) is 19.1 Å². The number of rotatable bonds is 8. The van der Waals surface area contributed by atoms with Gasteiger partial charge in [-0.15, -0.1) is 0 Å².